The van der Waals surface area contributed by atoms with Crippen LogP contribution in [0.25, 0.3) is 0 Å². The van der Waals surface area contributed by atoms with Gasteiger partial charge < -0.3 is 20.4 Å². The van der Waals surface area contributed by atoms with E-state index in [1.807, 2.05) is 0 Å². The Balaban J connectivity index is 2.62. The summed E-state index contributed by atoms with van der Waals surface area (Å²) < 4.78 is 0. The Kier molecular flexibility index (Phi) is 8.99. The molecule has 0 bridgehead atoms. The van der Waals surface area contributed by atoms with Crippen LogP contribution in [-0.2, 0) is 22.4 Å². The van der Waals surface area contributed by atoms with Gasteiger partial charge in [-0.05, 0) is 78.4 Å². The summed E-state index contributed by atoms with van der Waals surface area (Å²) in [5, 5.41) is 38.9. The Morgan fingerprint density at radius 3 is 1.41 bits per heavy atom. The van der Waals surface area contributed by atoms with Crippen LogP contribution in [0.1, 0.15) is 83.8 Å². The maximum Gasteiger partial charge on any atom is 0.309 e. The zero-order chi connectivity index (χ0) is 22.2. The molecule has 1 aromatic rings. The molecule has 1 rings (SSSR count). The van der Waals surface area contributed by atoms with Crippen molar-refractivity contribution in [2.75, 3.05) is 0 Å². The third-order valence-corrected chi connectivity index (χ3v) is 5.75. The number of carbonyl (C=O) groups is 2. The lowest BCUT2D eigenvalue weighted by Gasteiger charge is -2.19. The summed E-state index contributed by atoms with van der Waals surface area (Å²) in [5.74, 6) is -1.29. The molecule has 164 valence electrons. The number of aliphatic carboxylic acids is 2. The molecule has 1 aromatic carbocycles. The second-order valence-electron chi connectivity index (χ2n) is 9.21. The van der Waals surface area contributed by atoms with Crippen molar-refractivity contribution >= 4 is 11.9 Å². The quantitative estimate of drug-likeness (QED) is 0.265. The number of phenols is 2. The molecule has 6 heteroatoms. The molecule has 0 aromatic heterocycles. The summed E-state index contributed by atoms with van der Waals surface area (Å²) in [5.41, 5.74) is -0.0425. The summed E-state index contributed by atoms with van der Waals surface area (Å²) >= 11 is 0. The lowest BCUT2D eigenvalue weighted by molar-refractivity contribution is -0.148. The number of unbranched alkanes of at least 4 members (excludes halogenated alkanes) is 3. The van der Waals surface area contributed by atoms with Crippen LogP contribution >= 0.6 is 0 Å². The largest absolute Gasteiger partial charge is 0.508 e. The molecule has 0 spiro atoms. The molecular weight excluding hydrogens is 372 g/mol. The molecule has 6 nitrogen and oxygen atoms in total. The summed E-state index contributed by atoms with van der Waals surface area (Å²) in [7, 11) is 0. The number of carboxylic acid groups (broad SMARTS) is 2. The normalized spacial score (nSPS) is 12.1. The van der Waals surface area contributed by atoms with Crippen LogP contribution in [0.3, 0.4) is 0 Å². The Morgan fingerprint density at radius 1 is 0.690 bits per heavy atom. The molecule has 0 aliphatic carbocycles. The van der Waals surface area contributed by atoms with Crippen LogP contribution in [0.5, 0.6) is 11.5 Å². The highest BCUT2D eigenvalue weighted by Gasteiger charge is 2.27. The third kappa shape index (κ3) is 7.59. The minimum Gasteiger partial charge on any atom is -0.508 e. The van der Waals surface area contributed by atoms with E-state index < -0.39 is 22.8 Å². The lowest BCUT2D eigenvalue weighted by atomic mass is 9.86. The van der Waals surface area contributed by atoms with Crippen molar-refractivity contribution in [3.63, 3.8) is 0 Å². The SMILES string of the molecule is CC(C)(CCCCCc1c(O)ccc(O)c1CCCCC(C)(C)C(=O)O)C(=O)O. The molecule has 0 aliphatic heterocycles. The second kappa shape index (κ2) is 10.5. The van der Waals surface area contributed by atoms with Crippen molar-refractivity contribution in [3.05, 3.63) is 23.3 Å². The molecule has 0 fully saturated rings. The fraction of sp³-hybridized carbons (Fsp3) is 0.652. The minimum absolute atomic E-state index is 0.155. The highest BCUT2D eigenvalue weighted by atomic mass is 16.4. The number of hydrogen-bond acceptors (Lipinski definition) is 4. The van der Waals surface area contributed by atoms with E-state index in [4.69, 9.17) is 5.11 Å². The molecule has 0 amide bonds. The van der Waals surface area contributed by atoms with Crippen molar-refractivity contribution in [2.45, 2.75) is 85.5 Å². The van der Waals surface area contributed by atoms with E-state index >= 15 is 0 Å². The molecule has 0 heterocycles. The van der Waals surface area contributed by atoms with Crippen molar-refractivity contribution in [2.24, 2.45) is 10.8 Å². The van der Waals surface area contributed by atoms with Gasteiger partial charge in [0, 0.05) is 11.1 Å². The molecular formula is C23H36O6. The maximum atomic E-state index is 11.2. The van der Waals surface area contributed by atoms with E-state index in [9.17, 15) is 24.9 Å². The Morgan fingerprint density at radius 2 is 1.03 bits per heavy atom. The average molecular weight is 409 g/mol. The van der Waals surface area contributed by atoms with Crippen LogP contribution in [-0.4, -0.2) is 32.4 Å². The first-order chi connectivity index (χ1) is 13.4. The van der Waals surface area contributed by atoms with E-state index in [0.717, 1.165) is 43.2 Å². The van der Waals surface area contributed by atoms with Crippen LogP contribution in [0.2, 0.25) is 0 Å². The fourth-order valence-corrected chi connectivity index (χ4v) is 3.35. The van der Waals surface area contributed by atoms with Gasteiger partial charge in [-0.3, -0.25) is 9.59 Å². The van der Waals surface area contributed by atoms with E-state index in [2.05, 4.69) is 0 Å². The molecule has 0 saturated heterocycles. The Labute approximate surface area is 173 Å². The van der Waals surface area contributed by atoms with Gasteiger partial charge in [-0.15, -0.1) is 0 Å². The first-order valence-electron chi connectivity index (χ1n) is 10.4. The molecule has 4 N–H and O–H groups in total. The fourth-order valence-electron chi connectivity index (χ4n) is 3.35. The smallest absolute Gasteiger partial charge is 0.309 e. The van der Waals surface area contributed by atoms with E-state index in [0.29, 0.717) is 25.7 Å². The summed E-state index contributed by atoms with van der Waals surface area (Å²) in [6.45, 7) is 6.86. The predicted octanol–water partition coefficient (Wildman–Crippen LogP) is 5.14. The molecule has 0 aliphatic rings. The van der Waals surface area contributed by atoms with Gasteiger partial charge in [0.05, 0.1) is 10.8 Å². The zero-order valence-electron chi connectivity index (χ0n) is 18.1. The zero-order valence-corrected chi connectivity index (χ0v) is 18.1. The number of aromatic hydroxyl groups is 2. The van der Waals surface area contributed by atoms with Crippen LogP contribution in [0.15, 0.2) is 12.1 Å². The molecule has 29 heavy (non-hydrogen) atoms. The van der Waals surface area contributed by atoms with Gasteiger partial charge in [-0.25, -0.2) is 0 Å². The molecule has 0 unspecified atom stereocenters. The van der Waals surface area contributed by atoms with Crippen LogP contribution in [0.4, 0.5) is 0 Å². The van der Waals surface area contributed by atoms with Gasteiger partial charge in [-0.2, -0.15) is 0 Å². The van der Waals surface area contributed by atoms with E-state index in [-0.39, 0.29) is 11.5 Å². The summed E-state index contributed by atoms with van der Waals surface area (Å²) in [6, 6.07) is 2.99. The highest BCUT2D eigenvalue weighted by molar-refractivity contribution is 5.73. The molecule has 0 saturated carbocycles. The van der Waals surface area contributed by atoms with Gasteiger partial charge in [0.2, 0.25) is 0 Å². The first kappa shape index (κ1) is 24.8. The second-order valence-corrected chi connectivity index (χ2v) is 9.21. The Hall–Kier alpha value is -2.24. The molecule has 0 radical (unpaired) electrons. The topological polar surface area (TPSA) is 115 Å². The van der Waals surface area contributed by atoms with Crippen molar-refractivity contribution in [1.82, 2.24) is 0 Å². The first-order valence-corrected chi connectivity index (χ1v) is 10.4. The van der Waals surface area contributed by atoms with Crippen LogP contribution in [0, 0.1) is 10.8 Å². The van der Waals surface area contributed by atoms with Crippen LogP contribution < -0.4 is 0 Å². The van der Waals surface area contributed by atoms with E-state index in [1.165, 1.54) is 12.1 Å². The summed E-state index contributed by atoms with van der Waals surface area (Å²) in [6.07, 6.45) is 6.23. The lowest BCUT2D eigenvalue weighted by Crippen LogP contribution is -2.23. The molecule has 0 atom stereocenters. The summed E-state index contributed by atoms with van der Waals surface area (Å²) in [4.78, 5) is 22.4. The predicted molar refractivity (Wildman–Crippen MR) is 112 cm³/mol. The number of benzene rings is 1. The van der Waals surface area contributed by atoms with Crippen molar-refractivity contribution in [1.29, 1.82) is 0 Å². The minimum atomic E-state index is -0.815. The van der Waals surface area contributed by atoms with Gasteiger partial charge in [0.1, 0.15) is 11.5 Å². The van der Waals surface area contributed by atoms with Gasteiger partial charge in [0.15, 0.2) is 0 Å². The number of hydrogen-bond donors (Lipinski definition) is 4. The highest BCUT2D eigenvalue weighted by Crippen LogP contribution is 2.33. The van der Waals surface area contributed by atoms with Crippen molar-refractivity contribution < 1.29 is 30.0 Å². The van der Waals surface area contributed by atoms with Gasteiger partial charge in [0.25, 0.3) is 0 Å². The Bertz CT molecular complexity index is 706. The van der Waals surface area contributed by atoms with E-state index in [1.54, 1.807) is 27.7 Å². The van der Waals surface area contributed by atoms with Crippen molar-refractivity contribution in [3.8, 4) is 11.5 Å². The number of rotatable bonds is 13. The maximum absolute atomic E-state index is 11.2. The number of carboxylic acids is 2. The standard InChI is InChI=1S/C23H36O6/c1-22(2,20(26)27)14-8-5-6-10-16-17(19(25)13-12-18(16)24)11-7-9-15-23(3,4)21(28)29/h12-13,24-25H,5-11,14-15H2,1-4H3,(H,26,27)(H,28,29). The monoisotopic (exact) mass is 408 g/mol. The number of phenolic OH excluding ortho intramolecular Hbond substituents is 2. The van der Waals surface area contributed by atoms with Gasteiger partial charge in [-0.1, -0.05) is 19.3 Å². The third-order valence-electron chi connectivity index (χ3n) is 5.75. The average Bonchev–Trinajstić information content (AvgIpc) is 2.62. The van der Waals surface area contributed by atoms with Gasteiger partial charge >= 0.3 is 11.9 Å².